The molecule has 1 saturated heterocycles. The van der Waals surface area contributed by atoms with Crippen LogP contribution in [0, 0.1) is 5.92 Å². The zero-order valence-corrected chi connectivity index (χ0v) is 18.5. The Morgan fingerprint density at radius 3 is 2.52 bits per heavy atom. The Bertz CT molecular complexity index is 920. The monoisotopic (exact) mass is 488 g/mol. The molecule has 2 aromatic rings. The lowest BCUT2D eigenvalue weighted by atomic mass is 9.97. The summed E-state index contributed by atoms with van der Waals surface area (Å²) in [6.07, 6.45) is 3.39. The van der Waals surface area contributed by atoms with E-state index < -0.39 is 0 Å². The van der Waals surface area contributed by atoms with E-state index >= 15 is 0 Å². The molecular weight excluding hydrogens is 464 g/mol. The summed E-state index contributed by atoms with van der Waals surface area (Å²) in [4.78, 5) is 41.8. The Labute approximate surface area is 188 Å². The van der Waals surface area contributed by atoms with Crippen LogP contribution in [0.4, 0.5) is 22.0 Å². The lowest BCUT2D eigenvalue weighted by molar-refractivity contribution is -0.122. The molecule has 1 aliphatic rings. The molecule has 1 fully saturated rings. The van der Waals surface area contributed by atoms with Gasteiger partial charge in [0.2, 0.25) is 11.8 Å². The number of halogens is 1. The molecule has 0 saturated carbocycles. The largest absolute Gasteiger partial charge is 0.369 e. The summed E-state index contributed by atoms with van der Waals surface area (Å²) in [6, 6.07) is 10.4. The van der Waals surface area contributed by atoms with E-state index in [4.69, 9.17) is 5.73 Å². The number of hydrogen-bond acceptors (Lipinski definition) is 5. The number of anilines is 3. The standard InChI is InChI=1S/C21H25BrN6O3/c22-15-3-5-16(6-4-15)27-21(31)24-10-9-19(29)26-17-7-8-18(25-12-17)28-11-1-2-14(13-28)20(23)30/h3-8,12,14H,1-2,9-11,13H2,(H2,23,30)(H,26,29)(H2,24,27,31). The van der Waals surface area contributed by atoms with Gasteiger partial charge in [0.25, 0.3) is 0 Å². The lowest BCUT2D eigenvalue weighted by Gasteiger charge is -2.32. The van der Waals surface area contributed by atoms with Gasteiger partial charge in [-0.05, 0) is 49.2 Å². The minimum Gasteiger partial charge on any atom is -0.369 e. The molecule has 0 spiro atoms. The molecule has 0 bridgehead atoms. The van der Waals surface area contributed by atoms with E-state index in [2.05, 4.69) is 36.9 Å². The molecule has 1 aromatic carbocycles. The molecule has 5 N–H and O–H groups in total. The smallest absolute Gasteiger partial charge is 0.319 e. The van der Waals surface area contributed by atoms with Crippen molar-refractivity contribution < 1.29 is 14.4 Å². The van der Waals surface area contributed by atoms with Crippen LogP contribution in [0.2, 0.25) is 0 Å². The first-order valence-electron chi connectivity index (χ1n) is 10.0. The number of nitrogens with zero attached hydrogens (tertiary/aromatic N) is 2. The highest BCUT2D eigenvalue weighted by Gasteiger charge is 2.24. The van der Waals surface area contributed by atoms with Crippen molar-refractivity contribution in [2.24, 2.45) is 11.7 Å². The number of hydrogen-bond donors (Lipinski definition) is 4. The molecule has 1 unspecified atom stereocenters. The third-order valence-electron chi connectivity index (χ3n) is 4.92. The molecule has 4 amide bonds. The van der Waals surface area contributed by atoms with Gasteiger partial charge >= 0.3 is 6.03 Å². The Kier molecular flexibility index (Phi) is 7.82. The van der Waals surface area contributed by atoms with Crippen LogP contribution in [0.5, 0.6) is 0 Å². The third-order valence-corrected chi connectivity index (χ3v) is 5.45. The molecule has 0 aliphatic carbocycles. The summed E-state index contributed by atoms with van der Waals surface area (Å²) in [5.74, 6) is 0.0663. The molecule has 10 heteroatoms. The van der Waals surface area contributed by atoms with Crippen LogP contribution in [-0.2, 0) is 9.59 Å². The summed E-state index contributed by atoms with van der Waals surface area (Å²) in [5, 5.41) is 8.10. The van der Waals surface area contributed by atoms with Gasteiger partial charge in [0.15, 0.2) is 0 Å². The maximum atomic E-state index is 12.1. The zero-order chi connectivity index (χ0) is 22.2. The maximum absolute atomic E-state index is 12.1. The van der Waals surface area contributed by atoms with Crippen LogP contribution in [0.15, 0.2) is 47.1 Å². The predicted octanol–water partition coefficient (Wildman–Crippen LogP) is 2.70. The summed E-state index contributed by atoms with van der Waals surface area (Å²) in [6.45, 7) is 1.57. The summed E-state index contributed by atoms with van der Waals surface area (Å²) < 4.78 is 0.920. The molecule has 0 radical (unpaired) electrons. The Balaban J connectivity index is 1.40. The quantitative estimate of drug-likeness (QED) is 0.475. The molecule has 164 valence electrons. The molecule has 1 aliphatic heterocycles. The van der Waals surface area contributed by atoms with Crippen LogP contribution in [-0.4, -0.2) is 42.5 Å². The van der Waals surface area contributed by atoms with Crippen molar-refractivity contribution in [3.63, 3.8) is 0 Å². The van der Waals surface area contributed by atoms with Crippen LogP contribution in [0.25, 0.3) is 0 Å². The Morgan fingerprint density at radius 1 is 1.10 bits per heavy atom. The van der Waals surface area contributed by atoms with Gasteiger partial charge in [-0.1, -0.05) is 15.9 Å². The number of pyridine rings is 1. The zero-order valence-electron chi connectivity index (χ0n) is 16.9. The number of nitrogens with one attached hydrogen (secondary N) is 3. The topological polar surface area (TPSA) is 129 Å². The van der Waals surface area contributed by atoms with Crippen LogP contribution in [0.1, 0.15) is 19.3 Å². The Morgan fingerprint density at radius 2 is 1.84 bits per heavy atom. The van der Waals surface area contributed by atoms with Crippen molar-refractivity contribution in [1.29, 1.82) is 0 Å². The number of nitrogens with two attached hydrogens (primary N) is 1. The Hall–Kier alpha value is -3.14. The van der Waals surface area contributed by atoms with Crippen molar-refractivity contribution in [2.75, 3.05) is 35.2 Å². The van der Waals surface area contributed by atoms with Crippen molar-refractivity contribution in [1.82, 2.24) is 10.3 Å². The number of carbonyl (C=O) groups excluding carboxylic acids is 3. The van der Waals surface area contributed by atoms with E-state index in [1.54, 1.807) is 24.4 Å². The number of benzene rings is 1. The number of aromatic nitrogens is 1. The minimum atomic E-state index is -0.378. The molecule has 3 rings (SSSR count). The SMILES string of the molecule is NC(=O)C1CCCN(c2ccc(NC(=O)CCNC(=O)Nc3ccc(Br)cc3)cn2)C1. The van der Waals surface area contributed by atoms with Gasteiger partial charge in [0.1, 0.15) is 5.82 Å². The summed E-state index contributed by atoms with van der Waals surface area (Å²) in [5.41, 5.74) is 6.65. The second-order valence-electron chi connectivity index (χ2n) is 7.28. The van der Waals surface area contributed by atoms with E-state index in [1.165, 1.54) is 0 Å². The fourth-order valence-corrected chi connectivity index (χ4v) is 3.55. The molecular formula is C21H25BrN6O3. The normalized spacial score (nSPS) is 15.8. The minimum absolute atomic E-state index is 0.127. The van der Waals surface area contributed by atoms with Crippen molar-refractivity contribution in [2.45, 2.75) is 19.3 Å². The maximum Gasteiger partial charge on any atom is 0.319 e. The first-order valence-corrected chi connectivity index (χ1v) is 10.8. The number of primary amides is 1. The first kappa shape index (κ1) is 22.5. The van der Waals surface area contributed by atoms with E-state index in [0.717, 1.165) is 29.7 Å². The van der Waals surface area contributed by atoms with Crippen molar-refractivity contribution in [3.05, 3.63) is 47.1 Å². The number of rotatable bonds is 7. The second-order valence-corrected chi connectivity index (χ2v) is 8.19. The summed E-state index contributed by atoms with van der Waals surface area (Å²) >= 11 is 3.33. The van der Waals surface area contributed by atoms with Gasteiger partial charge in [-0.15, -0.1) is 0 Å². The average molecular weight is 489 g/mol. The van der Waals surface area contributed by atoms with Gasteiger partial charge in [-0.25, -0.2) is 9.78 Å². The van der Waals surface area contributed by atoms with Crippen molar-refractivity contribution >= 4 is 51.0 Å². The third kappa shape index (κ3) is 6.95. The number of piperidine rings is 1. The van der Waals surface area contributed by atoms with Crippen LogP contribution < -0.4 is 26.6 Å². The molecule has 9 nitrogen and oxygen atoms in total. The first-order chi connectivity index (χ1) is 14.9. The number of carbonyl (C=O) groups is 3. The fourth-order valence-electron chi connectivity index (χ4n) is 3.29. The highest BCUT2D eigenvalue weighted by molar-refractivity contribution is 9.10. The highest BCUT2D eigenvalue weighted by Crippen LogP contribution is 2.22. The lowest BCUT2D eigenvalue weighted by Crippen LogP contribution is -2.41. The molecule has 1 atom stereocenters. The number of urea groups is 1. The van der Waals surface area contributed by atoms with Gasteiger partial charge in [0, 0.05) is 36.2 Å². The predicted molar refractivity (Wildman–Crippen MR) is 123 cm³/mol. The van der Waals surface area contributed by atoms with E-state index in [9.17, 15) is 14.4 Å². The van der Waals surface area contributed by atoms with Crippen molar-refractivity contribution in [3.8, 4) is 0 Å². The number of amides is 4. The molecule has 2 heterocycles. The highest BCUT2D eigenvalue weighted by atomic mass is 79.9. The van der Waals surface area contributed by atoms with Gasteiger partial charge in [-0.2, -0.15) is 0 Å². The van der Waals surface area contributed by atoms with E-state index in [-0.39, 0.29) is 36.7 Å². The van der Waals surface area contributed by atoms with E-state index in [1.807, 2.05) is 23.1 Å². The fraction of sp³-hybridized carbons (Fsp3) is 0.333. The van der Waals surface area contributed by atoms with Gasteiger partial charge < -0.3 is 26.6 Å². The van der Waals surface area contributed by atoms with Gasteiger partial charge in [-0.3, -0.25) is 9.59 Å². The second kappa shape index (κ2) is 10.8. The van der Waals surface area contributed by atoms with Gasteiger partial charge in [0.05, 0.1) is 17.8 Å². The average Bonchev–Trinajstić information content (AvgIpc) is 2.76. The van der Waals surface area contributed by atoms with E-state index in [0.29, 0.717) is 17.9 Å². The van der Waals surface area contributed by atoms with Crippen LogP contribution in [0.3, 0.4) is 0 Å². The molecule has 1 aromatic heterocycles. The molecule has 31 heavy (non-hydrogen) atoms. The van der Waals surface area contributed by atoms with Crippen LogP contribution >= 0.6 is 15.9 Å². The summed E-state index contributed by atoms with van der Waals surface area (Å²) in [7, 11) is 0.